The molecule has 0 amide bonds. The molecule has 0 saturated carbocycles. The smallest absolute Gasteiger partial charge is 0.353 e. The van der Waals surface area contributed by atoms with Gasteiger partial charge in [-0.2, -0.15) is 4.98 Å². The standard InChI is InChI=1S/C18H30N3O6P/c1-3-26-28(23,27-4-2)12-9-15(14-25-17-7-5-6-11-24-17)13-21-10-8-16(19)20-18(21)22/h8-10,12,15,17H,3-7,11,13-14H2,1-2H3,(H2,19,20,22)/b12-9+/t15-,17+/m0/s1. The molecule has 2 atom stereocenters. The molecule has 9 nitrogen and oxygen atoms in total. The lowest BCUT2D eigenvalue weighted by Crippen LogP contribution is -2.29. The van der Waals surface area contributed by atoms with Gasteiger partial charge in [-0.3, -0.25) is 9.13 Å². The van der Waals surface area contributed by atoms with Gasteiger partial charge in [0.05, 0.1) is 19.8 Å². The SMILES string of the molecule is CCOP(=O)(/C=C/[C@H](CO[C@@H]1CCCCO1)Cn1ccc(N)nc1=O)OCC. The summed E-state index contributed by atoms with van der Waals surface area (Å²) in [7, 11) is -3.34. The van der Waals surface area contributed by atoms with Crippen LogP contribution in [0.15, 0.2) is 29.0 Å². The number of nitrogen functional groups attached to an aromatic ring is 1. The molecule has 1 aromatic heterocycles. The first-order valence-electron chi connectivity index (χ1n) is 9.60. The third kappa shape index (κ3) is 7.48. The molecule has 28 heavy (non-hydrogen) atoms. The number of aromatic nitrogens is 2. The monoisotopic (exact) mass is 415 g/mol. The van der Waals surface area contributed by atoms with E-state index in [2.05, 4.69) is 4.98 Å². The van der Waals surface area contributed by atoms with E-state index in [1.165, 1.54) is 10.4 Å². The Morgan fingerprint density at radius 2 is 2.14 bits per heavy atom. The van der Waals surface area contributed by atoms with Gasteiger partial charge in [-0.25, -0.2) is 4.79 Å². The summed E-state index contributed by atoms with van der Waals surface area (Å²) in [4.78, 5) is 15.8. The summed E-state index contributed by atoms with van der Waals surface area (Å²) in [5, 5.41) is 0. The lowest BCUT2D eigenvalue weighted by Gasteiger charge is -2.25. The van der Waals surface area contributed by atoms with E-state index in [0.717, 1.165) is 19.3 Å². The maximum atomic E-state index is 12.7. The number of nitrogens with two attached hydrogens (primary N) is 1. The Morgan fingerprint density at radius 1 is 1.39 bits per heavy atom. The summed E-state index contributed by atoms with van der Waals surface area (Å²) in [5.74, 6) is 1.34. The van der Waals surface area contributed by atoms with Gasteiger partial charge in [-0.1, -0.05) is 6.08 Å². The van der Waals surface area contributed by atoms with Crippen molar-refractivity contribution in [2.24, 2.45) is 5.92 Å². The lowest BCUT2D eigenvalue weighted by atomic mass is 10.1. The minimum absolute atomic E-state index is 0.164. The average molecular weight is 415 g/mol. The first-order chi connectivity index (χ1) is 13.5. The Morgan fingerprint density at radius 3 is 2.75 bits per heavy atom. The number of hydrogen-bond acceptors (Lipinski definition) is 8. The van der Waals surface area contributed by atoms with E-state index in [0.29, 0.717) is 6.61 Å². The third-order valence-corrected chi connectivity index (χ3v) is 5.89. The van der Waals surface area contributed by atoms with Crippen molar-refractivity contribution < 1.29 is 23.1 Å². The molecule has 1 saturated heterocycles. The van der Waals surface area contributed by atoms with Gasteiger partial charge in [0.2, 0.25) is 0 Å². The summed E-state index contributed by atoms with van der Waals surface area (Å²) in [6.45, 7) is 5.28. The molecule has 1 aliphatic rings. The molecule has 0 unspecified atom stereocenters. The molecule has 2 N–H and O–H groups in total. The number of ether oxygens (including phenoxy) is 2. The first-order valence-corrected chi connectivity index (χ1v) is 11.2. The maximum Gasteiger partial charge on any atom is 0.353 e. The predicted octanol–water partition coefficient (Wildman–Crippen LogP) is 2.76. The van der Waals surface area contributed by atoms with Crippen molar-refractivity contribution in [2.45, 2.75) is 45.9 Å². The Bertz CT molecular complexity index is 722. The minimum Gasteiger partial charge on any atom is -0.383 e. The molecule has 0 bridgehead atoms. The van der Waals surface area contributed by atoms with Crippen LogP contribution in [0.1, 0.15) is 33.1 Å². The zero-order chi connectivity index (χ0) is 20.4. The second-order valence-corrected chi connectivity index (χ2v) is 8.29. The second-order valence-electron chi connectivity index (χ2n) is 6.39. The van der Waals surface area contributed by atoms with Crippen molar-refractivity contribution in [2.75, 3.05) is 32.2 Å². The van der Waals surface area contributed by atoms with Crippen molar-refractivity contribution in [3.05, 3.63) is 34.6 Å². The normalized spacial score (nSPS) is 19.1. The Labute approximate surface area is 165 Å². The number of rotatable bonds is 11. The molecular weight excluding hydrogens is 385 g/mol. The van der Waals surface area contributed by atoms with E-state index < -0.39 is 13.3 Å². The molecule has 0 aromatic carbocycles. The van der Waals surface area contributed by atoms with Crippen molar-refractivity contribution >= 4 is 13.4 Å². The van der Waals surface area contributed by atoms with E-state index in [-0.39, 0.29) is 44.4 Å². The number of anilines is 1. The summed E-state index contributed by atoms with van der Waals surface area (Å²) in [6.07, 6.45) is 5.93. The molecule has 0 radical (unpaired) electrons. The van der Waals surface area contributed by atoms with E-state index in [1.807, 2.05) is 0 Å². The second kappa shape index (κ2) is 11.5. The van der Waals surface area contributed by atoms with Gasteiger partial charge >= 0.3 is 13.3 Å². The van der Waals surface area contributed by atoms with Crippen LogP contribution >= 0.6 is 7.60 Å². The molecule has 2 rings (SSSR count). The number of nitrogens with zero attached hydrogens (tertiary/aromatic N) is 2. The highest BCUT2D eigenvalue weighted by molar-refractivity contribution is 7.57. The van der Waals surface area contributed by atoms with E-state index in [1.54, 1.807) is 32.2 Å². The lowest BCUT2D eigenvalue weighted by molar-refractivity contribution is -0.167. The fourth-order valence-electron chi connectivity index (χ4n) is 2.79. The van der Waals surface area contributed by atoms with Crippen molar-refractivity contribution in [1.29, 1.82) is 0 Å². The Hall–Kier alpha value is -1.51. The Kier molecular flexibility index (Phi) is 9.34. The van der Waals surface area contributed by atoms with Crippen LogP contribution in [0.5, 0.6) is 0 Å². The first kappa shape index (κ1) is 22.8. The van der Waals surface area contributed by atoms with Crippen LogP contribution in [0.3, 0.4) is 0 Å². The van der Waals surface area contributed by atoms with Crippen LogP contribution in [-0.2, 0) is 29.6 Å². The van der Waals surface area contributed by atoms with Gasteiger partial charge in [-0.15, -0.1) is 0 Å². The van der Waals surface area contributed by atoms with Gasteiger partial charge < -0.3 is 24.3 Å². The molecule has 0 spiro atoms. The fourth-order valence-corrected chi connectivity index (χ4v) is 4.21. The summed E-state index contributed by atoms with van der Waals surface area (Å²) < 4.78 is 36.2. The van der Waals surface area contributed by atoms with E-state index in [9.17, 15) is 9.36 Å². The molecule has 1 aromatic rings. The van der Waals surface area contributed by atoms with E-state index >= 15 is 0 Å². The van der Waals surface area contributed by atoms with Crippen LogP contribution in [0.25, 0.3) is 0 Å². The molecule has 158 valence electrons. The third-order valence-electron chi connectivity index (χ3n) is 4.12. The molecule has 10 heteroatoms. The zero-order valence-corrected chi connectivity index (χ0v) is 17.4. The minimum atomic E-state index is -3.34. The maximum absolute atomic E-state index is 12.7. The van der Waals surface area contributed by atoms with Gasteiger partial charge in [0.25, 0.3) is 0 Å². The van der Waals surface area contributed by atoms with Crippen LogP contribution in [0.4, 0.5) is 5.82 Å². The molecule has 1 fully saturated rings. The Balaban J connectivity index is 2.12. The van der Waals surface area contributed by atoms with Gasteiger partial charge in [0.1, 0.15) is 5.82 Å². The van der Waals surface area contributed by atoms with Crippen LogP contribution in [0.2, 0.25) is 0 Å². The summed E-state index contributed by atoms with van der Waals surface area (Å²) in [5.41, 5.74) is 5.09. The molecular formula is C18H30N3O6P. The topological polar surface area (TPSA) is 115 Å². The van der Waals surface area contributed by atoms with Crippen molar-refractivity contribution in [3.8, 4) is 0 Å². The molecule has 0 aliphatic carbocycles. The quantitative estimate of drug-likeness (QED) is 0.549. The largest absolute Gasteiger partial charge is 0.383 e. The van der Waals surface area contributed by atoms with Gasteiger partial charge in [0.15, 0.2) is 6.29 Å². The predicted molar refractivity (Wildman–Crippen MR) is 106 cm³/mol. The van der Waals surface area contributed by atoms with Crippen molar-refractivity contribution in [1.82, 2.24) is 9.55 Å². The highest BCUT2D eigenvalue weighted by atomic mass is 31.2. The highest BCUT2D eigenvalue weighted by Gasteiger charge is 2.21. The van der Waals surface area contributed by atoms with Crippen molar-refractivity contribution in [3.63, 3.8) is 0 Å². The summed E-state index contributed by atoms with van der Waals surface area (Å²) in [6, 6.07) is 1.55. The van der Waals surface area contributed by atoms with Crippen LogP contribution in [0, 0.1) is 5.92 Å². The molecule has 1 aliphatic heterocycles. The van der Waals surface area contributed by atoms with Crippen LogP contribution in [-0.4, -0.2) is 42.3 Å². The van der Waals surface area contributed by atoms with Crippen LogP contribution < -0.4 is 11.4 Å². The fraction of sp³-hybridized carbons (Fsp3) is 0.667. The van der Waals surface area contributed by atoms with Gasteiger partial charge in [-0.05, 0) is 39.2 Å². The zero-order valence-electron chi connectivity index (χ0n) is 16.5. The molecule has 2 heterocycles. The summed E-state index contributed by atoms with van der Waals surface area (Å²) >= 11 is 0. The highest BCUT2D eigenvalue weighted by Crippen LogP contribution is 2.49. The average Bonchev–Trinajstić information content (AvgIpc) is 2.67. The van der Waals surface area contributed by atoms with E-state index in [4.69, 9.17) is 24.3 Å². The van der Waals surface area contributed by atoms with Gasteiger partial charge in [0, 0.05) is 31.1 Å². The number of hydrogen-bond donors (Lipinski definition) is 1.